The fourth-order valence-corrected chi connectivity index (χ4v) is 3.09. The van der Waals surface area contributed by atoms with E-state index in [1.54, 1.807) is 0 Å². The van der Waals surface area contributed by atoms with E-state index in [-0.39, 0.29) is 11.4 Å². The van der Waals surface area contributed by atoms with E-state index in [0.29, 0.717) is 10.2 Å². The summed E-state index contributed by atoms with van der Waals surface area (Å²) in [7, 11) is -2.74. The lowest BCUT2D eigenvalue weighted by Crippen LogP contribution is -2.14. The van der Waals surface area contributed by atoms with Gasteiger partial charge in [0.05, 0.1) is 12.8 Å². The topological polar surface area (TPSA) is 75.6 Å². The van der Waals surface area contributed by atoms with Crippen LogP contribution in [-0.2, 0) is 10.0 Å². The summed E-state index contributed by atoms with van der Waals surface area (Å²) in [6.07, 6.45) is 0. The minimum Gasteiger partial charge on any atom is -0.506 e. The van der Waals surface area contributed by atoms with Crippen molar-refractivity contribution in [3.63, 3.8) is 0 Å². The summed E-state index contributed by atoms with van der Waals surface area (Å²) >= 11 is 3.05. The van der Waals surface area contributed by atoms with Gasteiger partial charge in [0.25, 0.3) is 10.0 Å². The molecule has 0 heterocycles. The van der Waals surface area contributed by atoms with Crippen molar-refractivity contribution in [1.82, 2.24) is 0 Å². The molecule has 0 aliphatic rings. The minimum atomic E-state index is -4.15. The quantitative estimate of drug-likeness (QED) is 0.805. The van der Waals surface area contributed by atoms with E-state index in [1.165, 1.54) is 31.4 Å². The number of rotatable bonds is 4. The molecule has 0 bridgehead atoms. The van der Waals surface area contributed by atoms with E-state index in [9.17, 15) is 17.9 Å². The number of aromatic hydroxyl groups is 1. The lowest BCUT2D eigenvalue weighted by atomic mass is 10.3. The number of anilines is 1. The van der Waals surface area contributed by atoms with Gasteiger partial charge < -0.3 is 9.84 Å². The Balaban J connectivity index is 2.37. The first kappa shape index (κ1) is 15.6. The first-order chi connectivity index (χ1) is 9.83. The van der Waals surface area contributed by atoms with Gasteiger partial charge in [0.1, 0.15) is 22.2 Å². The molecule has 0 unspecified atom stereocenters. The molecule has 0 fully saturated rings. The molecule has 0 saturated heterocycles. The summed E-state index contributed by atoms with van der Waals surface area (Å²) in [6.45, 7) is 0. The van der Waals surface area contributed by atoms with Crippen molar-refractivity contribution < 1.29 is 22.7 Å². The van der Waals surface area contributed by atoms with Gasteiger partial charge in [-0.25, -0.2) is 12.8 Å². The average molecular weight is 376 g/mol. The third-order valence-corrected chi connectivity index (χ3v) is 4.52. The second-order valence-electron chi connectivity index (χ2n) is 4.06. The van der Waals surface area contributed by atoms with E-state index < -0.39 is 20.7 Å². The Bertz CT molecular complexity index is 780. The second-order valence-corrected chi connectivity index (χ2v) is 6.63. The lowest BCUT2D eigenvalue weighted by Gasteiger charge is -2.11. The number of ether oxygens (including phenoxy) is 1. The van der Waals surface area contributed by atoms with Gasteiger partial charge in [-0.05, 0) is 30.3 Å². The number of methoxy groups -OCH3 is 1. The summed E-state index contributed by atoms with van der Waals surface area (Å²) < 4.78 is 45.4. The van der Waals surface area contributed by atoms with Crippen LogP contribution < -0.4 is 9.46 Å². The van der Waals surface area contributed by atoms with Crippen LogP contribution >= 0.6 is 15.9 Å². The van der Waals surface area contributed by atoms with Gasteiger partial charge in [-0.2, -0.15) is 0 Å². The normalized spacial score (nSPS) is 11.2. The zero-order valence-corrected chi connectivity index (χ0v) is 13.2. The van der Waals surface area contributed by atoms with Crippen LogP contribution in [0, 0.1) is 5.82 Å². The highest BCUT2D eigenvalue weighted by molar-refractivity contribution is 9.10. The van der Waals surface area contributed by atoms with Gasteiger partial charge in [-0.3, -0.25) is 4.72 Å². The molecule has 0 aliphatic carbocycles. The number of phenols is 1. The molecule has 5 nitrogen and oxygen atoms in total. The maximum absolute atomic E-state index is 13.7. The van der Waals surface area contributed by atoms with Crippen LogP contribution in [0.1, 0.15) is 0 Å². The van der Waals surface area contributed by atoms with Gasteiger partial charge >= 0.3 is 0 Å². The first-order valence-corrected chi connectivity index (χ1v) is 7.96. The fourth-order valence-electron chi connectivity index (χ4n) is 1.62. The van der Waals surface area contributed by atoms with E-state index in [4.69, 9.17) is 4.74 Å². The molecule has 0 radical (unpaired) electrons. The van der Waals surface area contributed by atoms with Gasteiger partial charge in [0.15, 0.2) is 0 Å². The second kappa shape index (κ2) is 5.90. The monoisotopic (exact) mass is 375 g/mol. The zero-order chi connectivity index (χ0) is 15.6. The molecule has 0 saturated carbocycles. The molecule has 0 aromatic heterocycles. The fraction of sp³-hybridized carbons (Fsp3) is 0.0769. The van der Waals surface area contributed by atoms with Crippen LogP contribution in [0.2, 0.25) is 0 Å². The van der Waals surface area contributed by atoms with Crippen molar-refractivity contribution in [2.24, 2.45) is 0 Å². The number of hydrogen-bond donors (Lipinski definition) is 2. The largest absolute Gasteiger partial charge is 0.506 e. The lowest BCUT2D eigenvalue weighted by molar-refractivity contribution is 0.408. The minimum absolute atomic E-state index is 0.0712. The SMILES string of the molecule is COc1ccc(NS(=O)(=O)c2ccc(Br)cc2F)c(O)c1. The van der Waals surface area contributed by atoms with Crippen molar-refractivity contribution in [1.29, 1.82) is 0 Å². The standard InChI is InChI=1S/C13H11BrFNO4S/c1-20-9-3-4-11(12(17)7-9)16-21(18,19)13-5-2-8(14)6-10(13)15/h2-7,16-17H,1H3. The summed E-state index contributed by atoms with van der Waals surface area (Å²) in [5.41, 5.74) is -0.0712. The molecular weight excluding hydrogens is 365 g/mol. The molecule has 21 heavy (non-hydrogen) atoms. The van der Waals surface area contributed by atoms with Gasteiger partial charge in [0, 0.05) is 10.5 Å². The van der Waals surface area contributed by atoms with E-state index in [2.05, 4.69) is 20.7 Å². The van der Waals surface area contributed by atoms with Crippen molar-refractivity contribution in [2.75, 3.05) is 11.8 Å². The van der Waals surface area contributed by atoms with E-state index in [0.717, 1.165) is 12.1 Å². The Morgan fingerprint density at radius 3 is 2.52 bits per heavy atom. The van der Waals surface area contributed by atoms with Crippen LogP contribution in [0.5, 0.6) is 11.5 Å². The predicted octanol–water partition coefficient (Wildman–Crippen LogP) is 3.10. The third-order valence-electron chi connectivity index (χ3n) is 2.63. The van der Waals surface area contributed by atoms with E-state index >= 15 is 0 Å². The Morgan fingerprint density at radius 1 is 1.24 bits per heavy atom. The van der Waals surface area contributed by atoms with Crippen LogP contribution in [0.15, 0.2) is 45.8 Å². The summed E-state index contributed by atoms with van der Waals surface area (Å²) in [5, 5.41) is 9.74. The highest BCUT2D eigenvalue weighted by atomic mass is 79.9. The van der Waals surface area contributed by atoms with E-state index in [1.807, 2.05) is 0 Å². The molecular formula is C13H11BrFNO4S. The van der Waals surface area contributed by atoms with Crippen LogP contribution in [-0.4, -0.2) is 20.6 Å². The number of sulfonamides is 1. The van der Waals surface area contributed by atoms with Crippen LogP contribution in [0.3, 0.4) is 0 Å². The molecule has 2 aromatic carbocycles. The molecule has 0 aliphatic heterocycles. The average Bonchev–Trinajstić information content (AvgIpc) is 2.40. The number of benzene rings is 2. The molecule has 2 N–H and O–H groups in total. The van der Waals surface area contributed by atoms with Gasteiger partial charge in [-0.15, -0.1) is 0 Å². The van der Waals surface area contributed by atoms with Crippen LogP contribution in [0.4, 0.5) is 10.1 Å². The van der Waals surface area contributed by atoms with Crippen molar-refractivity contribution >= 4 is 31.6 Å². The number of phenolic OH excluding ortho intramolecular Hbond substituents is 1. The smallest absolute Gasteiger partial charge is 0.264 e. The van der Waals surface area contributed by atoms with Crippen LogP contribution in [0.25, 0.3) is 0 Å². The molecule has 112 valence electrons. The molecule has 0 spiro atoms. The highest BCUT2D eigenvalue weighted by Crippen LogP contribution is 2.30. The Kier molecular flexibility index (Phi) is 4.38. The molecule has 8 heteroatoms. The molecule has 2 rings (SSSR count). The first-order valence-electron chi connectivity index (χ1n) is 5.68. The van der Waals surface area contributed by atoms with Gasteiger partial charge in [0.2, 0.25) is 0 Å². The maximum Gasteiger partial charge on any atom is 0.264 e. The molecule has 0 amide bonds. The van der Waals surface area contributed by atoms with Crippen molar-refractivity contribution in [3.8, 4) is 11.5 Å². The summed E-state index contributed by atoms with van der Waals surface area (Å²) in [6, 6.07) is 7.62. The number of hydrogen-bond acceptors (Lipinski definition) is 4. The number of halogens is 2. The highest BCUT2D eigenvalue weighted by Gasteiger charge is 2.20. The Morgan fingerprint density at radius 2 is 1.95 bits per heavy atom. The number of nitrogens with one attached hydrogen (secondary N) is 1. The Labute approximate surface area is 129 Å². The molecule has 0 atom stereocenters. The summed E-state index contributed by atoms with van der Waals surface area (Å²) in [4.78, 5) is -0.513. The zero-order valence-electron chi connectivity index (χ0n) is 10.8. The van der Waals surface area contributed by atoms with Crippen molar-refractivity contribution in [2.45, 2.75) is 4.90 Å². The van der Waals surface area contributed by atoms with Gasteiger partial charge in [-0.1, -0.05) is 15.9 Å². The Hall–Kier alpha value is -1.80. The predicted molar refractivity (Wildman–Crippen MR) is 79.6 cm³/mol. The molecule has 2 aromatic rings. The van der Waals surface area contributed by atoms with Crippen molar-refractivity contribution in [3.05, 3.63) is 46.7 Å². The maximum atomic E-state index is 13.7. The third kappa shape index (κ3) is 3.45. The summed E-state index contributed by atoms with van der Waals surface area (Å²) in [5.74, 6) is -0.856.